The van der Waals surface area contributed by atoms with Gasteiger partial charge in [-0.05, 0) is 41.7 Å². The Morgan fingerprint density at radius 1 is 1.09 bits per heavy atom. The summed E-state index contributed by atoms with van der Waals surface area (Å²) in [6, 6.07) is 10.8. The van der Waals surface area contributed by atoms with Gasteiger partial charge in [0.05, 0.1) is 11.7 Å². The average Bonchev–Trinajstić information content (AvgIpc) is 2.97. The Morgan fingerprint density at radius 3 is 2.77 bits per heavy atom. The van der Waals surface area contributed by atoms with Crippen molar-refractivity contribution in [2.75, 3.05) is 5.32 Å². The van der Waals surface area contributed by atoms with E-state index in [0.717, 1.165) is 17.5 Å². The van der Waals surface area contributed by atoms with Crippen molar-refractivity contribution in [3.63, 3.8) is 0 Å². The third-order valence-corrected chi connectivity index (χ3v) is 5.21. The van der Waals surface area contributed by atoms with Crippen LogP contribution >= 0.6 is 23.2 Å². The zero-order valence-electron chi connectivity index (χ0n) is 11.7. The van der Waals surface area contributed by atoms with Gasteiger partial charge >= 0.3 is 0 Å². The van der Waals surface area contributed by atoms with Crippen LogP contribution in [0.5, 0.6) is 0 Å². The van der Waals surface area contributed by atoms with Gasteiger partial charge in [0.15, 0.2) is 0 Å². The Kier molecular flexibility index (Phi) is 3.39. The van der Waals surface area contributed by atoms with Gasteiger partial charge in [0, 0.05) is 16.0 Å². The second kappa shape index (κ2) is 5.29. The number of hydrogen-bond acceptors (Lipinski definition) is 1. The second-order valence-corrected chi connectivity index (χ2v) is 6.69. The molecule has 0 radical (unpaired) electrons. The number of anilines is 1. The topological polar surface area (TPSA) is 12.0 Å². The fourth-order valence-electron chi connectivity index (χ4n) is 3.64. The molecule has 22 heavy (non-hydrogen) atoms. The highest BCUT2D eigenvalue weighted by Gasteiger charge is 2.39. The lowest BCUT2D eigenvalue weighted by Crippen LogP contribution is -2.29. The number of para-hydroxylation sites is 1. The van der Waals surface area contributed by atoms with Crippen molar-refractivity contribution in [1.29, 1.82) is 0 Å². The maximum Gasteiger partial charge on any atom is 0.146 e. The quantitative estimate of drug-likeness (QED) is 0.635. The highest BCUT2D eigenvalue weighted by Crippen LogP contribution is 2.51. The van der Waals surface area contributed by atoms with Crippen LogP contribution in [0.1, 0.15) is 29.5 Å². The Balaban J connectivity index is 1.84. The normalized spacial score (nSPS) is 25.5. The maximum atomic E-state index is 14.2. The summed E-state index contributed by atoms with van der Waals surface area (Å²) >= 11 is 12.4. The molecule has 1 N–H and O–H groups in total. The van der Waals surface area contributed by atoms with Crippen molar-refractivity contribution >= 4 is 28.9 Å². The van der Waals surface area contributed by atoms with E-state index in [9.17, 15) is 4.39 Å². The van der Waals surface area contributed by atoms with E-state index in [1.165, 1.54) is 6.07 Å². The van der Waals surface area contributed by atoms with Crippen LogP contribution in [0.15, 0.2) is 48.6 Å². The summed E-state index contributed by atoms with van der Waals surface area (Å²) in [6.07, 6.45) is 5.31. The predicted octanol–water partition coefficient (Wildman–Crippen LogP) is 5.96. The molecule has 0 saturated carbocycles. The molecule has 2 aromatic carbocycles. The van der Waals surface area contributed by atoms with Gasteiger partial charge in [-0.1, -0.05) is 53.6 Å². The van der Waals surface area contributed by atoms with Crippen LogP contribution in [0.25, 0.3) is 0 Å². The van der Waals surface area contributed by atoms with E-state index in [4.69, 9.17) is 23.2 Å². The third-order valence-electron chi connectivity index (χ3n) is 4.64. The lowest BCUT2D eigenvalue weighted by Gasteiger charge is -2.38. The van der Waals surface area contributed by atoms with Gasteiger partial charge < -0.3 is 5.32 Å². The first-order chi connectivity index (χ1) is 10.6. The van der Waals surface area contributed by atoms with Gasteiger partial charge in [-0.3, -0.25) is 0 Å². The minimum atomic E-state index is -0.216. The predicted molar refractivity (Wildman–Crippen MR) is 89.2 cm³/mol. The van der Waals surface area contributed by atoms with Gasteiger partial charge in [-0.25, -0.2) is 4.39 Å². The van der Waals surface area contributed by atoms with Crippen LogP contribution in [-0.4, -0.2) is 0 Å². The molecule has 1 nitrogen and oxygen atoms in total. The van der Waals surface area contributed by atoms with Gasteiger partial charge in [-0.15, -0.1) is 0 Å². The maximum absolute atomic E-state index is 14.2. The zero-order valence-corrected chi connectivity index (χ0v) is 13.2. The van der Waals surface area contributed by atoms with E-state index in [0.29, 0.717) is 21.7 Å². The fourth-order valence-corrected chi connectivity index (χ4v) is 4.17. The lowest BCUT2D eigenvalue weighted by molar-refractivity contribution is 0.421. The molecule has 0 fully saturated rings. The molecule has 2 aliphatic rings. The molecule has 112 valence electrons. The molecule has 0 spiro atoms. The summed E-state index contributed by atoms with van der Waals surface area (Å²) in [5, 5.41) is 4.60. The molecule has 1 aliphatic heterocycles. The van der Waals surface area contributed by atoms with Gasteiger partial charge in [0.1, 0.15) is 5.82 Å². The number of nitrogens with one attached hydrogen (secondary N) is 1. The first kappa shape index (κ1) is 14.1. The van der Waals surface area contributed by atoms with Crippen LogP contribution in [0, 0.1) is 11.7 Å². The van der Waals surface area contributed by atoms with Crippen molar-refractivity contribution < 1.29 is 4.39 Å². The number of hydrogen-bond donors (Lipinski definition) is 1. The standard InChI is InChI=1S/C18H14Cl2FN/c19-10-7-8-14(15(20)9-10)17-12-4-1-3-11(12)13-5-2-6-16(21)18(13)22-17/h1-3,5-9,11-12,17,22H,4H2/t11-,12-,17-/m0/s1. The van der Waals surface area contributed by atoms with E-state index in [1.54, 1.807) is 12.1 Å². The minimum Gasteiger partial charge on any atom is -0.375 e. The highest BCUT2D eigenvalue weighted by molar-refractivity contribution is 6.35. The van der Waals surface area contributed by atoms with Gasteiger partial charge in [-0.2, -0.15) is 0 Å². The number of halogens is 3. The SMILES string of the molecule is Fc1cccc2c1N[C@H](c1ccc(Cl)cc1Cl)[C@H]1CC=C[C@H]21. The molecular formula is C18H14Cl2FN. The molecule has 1 aliphatic carbocycles. The number of fused-ring (bicyclic) bond motifs is 3. The Labute approximate surface area is 138 Å². The summed E-state index contributed by atoms with van der Waals surface area (Å²) in [6.45, 7) is 0. The van der Waals surface area contributed by atoms with Crippen molar-refractivity contribution in [3.05, 3.63) is 75.5 Å². The van der Waals surface area contributed by atoms with E-state index in [1.807, 2.05) is 18.2 Å². The van der Waals surface area contributed by atoms with Crippen LogP contribution in [0.4, 0.5) is 10.1 Å². The van der Waals surface area contributed by atoms with E-state index >= 15 is 0 Å². The van der Waals surface area contributed by atoms with Crippen molar-refractivity contribution in [3.8, 4) is 0 Å². The summed E-state index contributed by atoms with van der Waals surface area (Å²) < 4.78 is 14.2. The molecule has 1 heterocycles. The van der Waals surface area contributed by atoms with Crippen molar-refractivity contribution in [1.82, 2.24) is 0 Å². The number of benzene rings is 2. The fraction of sp³-hybridized carbons (Fsp3) is 0.222. The Hall–Kier alpha value is -1.51. The molecule has 4 rings (SSSR count). The molecule has 0 unspecified atom stereocenters. The van der Waals surface area contributed by atoms with E-state index < -0.39 is 0 Å². The van der Waals surface area contributed by atoms with Crippen LogP contribution in [0.3, 0.4) is 0 Å². The Morgan fingerprint density at radius 2 is 1.95 bits per heavy atom. The van der Waals surface area contributed by atoms with Crippen molar-refractivity contribution in [2.45, 2.75) is 18.4 Å². The van der Waals surface area contributed by atoms with Crippen LogP contribution in [0.2, 0.25) is 10.0 Å². The number of allylic oxidation sites excluding steroid dienone is 2. The van der Waals surface area contributed by atoms with E-state index in [2.05, 4.69) is 17.5 Å². The molecule has 0 aromatic heterocycles. The summed E-state index contributed by atoms with van der Waals surface area (Å²) in [4.78, 5) is 0. The molecule has 0 amide bonds. The number of rotatable bonds is 1. The first-order valence-corrected chi connectivity index (χ1v) is 8.07. The summed E-state index contributed by atoms with van der Waals surface area (Å²) in [5.74, 6) is 0.350. The average molecular weight is 334 g/mol. The monoisotopic (exact) mass is 333 g/mol. The molecule has 2 aromatic rings. The summed E-state index contributed by atoms with van der Waals surface area (Å²) in [7, 11) is 0. The smallest absolute Gasteiger partial charge is 0.146 e. The third kappa shape index (κ3) is 2.13. The van der Waals surface area contributed by atoms with E-state index in [-0.39, 0.29) is 17.8 Å². The second-order valence-electron chi connectivity index (χ2n) is 5.85. The molecular weight excluding hydrogens is 320 g/mol. The van der Waals surface area contributed by atoms with Crippen LogP contribution in [-0.2, 0) is 0 Å². The van der Waals surface area contributed by atoms with Crippen LogP contribution < -0.4 is 5.32 Å². The Bertz CT molecular complexity index is 772. The summed E-state index contributed by atoms with van der Waals surface area (Å²) in [5.41, 5.74) is 2.59. The lowest BCUT2D eigenvalue weighted by atomic mass is 9.77. The molecule has 3 atom stereocenters. The molecule has 0 saturated heterocycles. The zero-order chi connectivity index (χ0) is 15.3. The van der Waals surface area contributed by atoms with Gasteiger partial charge in [0.2, 0.25) is 0 Å². The highest BCUT2D eigenvalue weighted by atomic mass is 35.5. The minimum absolute atomic E-state index is 0.0193. The molecule has 0 bridgehead atoms. The largest absolute Gasteiger partial charge is 0.375 e. The van der Waals surface area contributed by atoms with Gasteiger partial charge in [0.25, 0.3) is 0 Å². The first-order valence-electron chi connectivity index (χ1n) is 7.31. The van der Waals surface area contributed by atoms with Crippen molar-refractivity contribution in [2.24, 2.45) is 5.92 Å². The molecule has 4 heteroatoms.